The van der Waals surface area contributed by atoms with Crippen LogP contribution in [0.3, 0.4) is 0 Å². The summed E-state index contributed by atoms with van der Waals surface area (Å²) in [4.78, 5) is 34.7. The van der Waals surface area contributed by atoms with Gasteiger partial charge in [-0.1, -0.05) is 43.3 Å². The largest absolute Gasteiger partial charge is 0.493 e. The van der Waals surface area contributed by atoms with Crippen LogP contribution in [0.1, 0.15) is 43.9 Å². The van der Waals surface area contributed by atoms with Gasteiger partial charge in [0.05, 0.1) is 38.1 Å². The molecule has 0 amide bonds. The van der Waals surface area contributed by atoms with Gasteiger partial charge < -0.3 is 28.7 Å². The average Bonchev–Trinajstić information content (AvgIpc) is 4.05. The van der Waals surface area contributed by atoms with E-state index >= 15 is 4.39 Å². The van der Waals surface area contributed by atoms with E-state index in [9.17, 15) is 14.0 Å². The van der Waals surface area contributed by atoms with Crippen LogP contribution in [0.25, 0.3) is 5.69 Å². The Kier molecular flexibility index (Phi) is 13.0. The fourth-order valence-corrected chi connectivity index (χ4v) is 8.37. The highest BCUT2D eigenvalue weighted by Gasteiger charge is 2.44. The van der Waals surface area contributed by atoms with Gasteiger partial charge in [0.15, 0.2) is 0 Å². The maximum atomic E-state index is 15.0. The number of hydrogen-bond acceptors (Lipinski definition) is 11. The smallest absolute Gasteiger partial charge is 0.350 e. The molecule has 4 unspecified atom stereocenters. The summed E-state index contributed by atoms with van der Waals surface area (Å²) in [5.74, 6) is -1.10. The second-order valence-electron chi connectivity index (χ2n) is 15.8. The van der Waals surface area contributed by atoms with E-state index in [-0.39, 0.29) is 30.3 Å². The summed E-state index contributed by atoms with van der Waals surface area (Å²) in [6, 6.07) is 28.6. The van der Waals surface area contributed by atoms with Gasteiger partial charge in [0.1, 0.15) is 54.7 Å². The monoisotopic (exact) mass is 848 g/mol. The molecule has 0 aliphatic carbocycles. The molecular formula is C46H50F2N8O6. The molecule has 0 radical (unpaired) electrons. The summed E-state index contributed by atoms with van der Waals surface area (Å²) in [7, 11) is 0. The summed E-state index contributed by atoms with van der Waals surface area (Å²) < 4.78 is 56.9. The van der Waals surface area contributed by atoms with Gasteiger partial charge in [0.2, 0.25) is 0 Å². The molecule has 8 rings (SSSR count). The quantitative estimate of drug-likeness (QED) is 0.0954. The SMILES string of the molecule is CCC(C(C)OC(=O)COCc1ccccc1)n1ncn(-c2ccc(N3CCN(c4ccc(OCC5COC(Cn6cncn6)(c6ccc(F)cc6F)C5)cc4)CC3)cc2)c1=O. The highest BCUT2D eigenvalue weighted by atomic mass is 19.1. The van der Waals surface area contributed by atoms with Crippen molar-refractivity contribution in [2.75, 3.05) is 55.8 Å². The van der Waals surface area contributed by atoms with Crippen LogP contribution in [0.4, 0.5) is 20.2 Å². The van der Waals surface area contributed by atoms with Crippen molar-refractivity contribution >= 4 is 17.3 Å². The molecule has 0 saturated carbocycles. The summed E-state index contributed by atoms with van der Waals surface area (Å²) >= 11 is 0. The zero-order valence-corrected chi connectivity index (χ0v) is 34.8. The normalized spacial score (nSPS) is 18.7. The second-order valence-corrected chi connectivity index (χ2v) is 15.8. The number of ether oxygens (including phenoxy) is 4. The number of carbonyl (C=O) groups excluding carboxylic acids is 1. The topological polar surface area (TPSA) is 131 Å². The molecule has 14 nitrogen and oxygen atoms in total. The summed E-state index contributed by atoms with van der Waals surface area (Å²) in [5, 5.41) is 8.59. The second kappa shape index (κ2) is 19.1. The van der Waals surface area contributed by atoms with Crippen molar-refractivity contribution in [3.05, 3.63) is 149 Å². The van der Waals surface area contributed by atoms with E-state index in [1.807, 2.05) is 73.7 Å². The molecule has 0 spiro atoms. The lowest BCUT2D eigenvalue weighted by Gasteiger charge is -2.37. The lowest BCUT2D eigenvalue weighted by molar-refractivity contribution is -0.156. The van der Waals surface area contributed by atoms with Crippen molar-refractivity contribution < 1.29 is 32.5 Å². The van der Waals surface area contributed by atoms with Crippen LogP contribution >= 0.6 is 0 Å². The van der Waals surface area contributed by atoms with E-state index < -0.39 is 35.4 Å². The highest BCUT2D eigenvalue weighted by molar-refractivity contribution is 5.70. The summed E-state index contributed by atoms with van der Waals surface area (Å²) in [6.45, 7) is 8.03. The van der Waals surface area contributed by atoms with Crippen molar-refractivity contribution in [1.82, 2.24) is 29.1 Å². The van der Waals surface area contributed by atoms with Gasteiger partial charge >= 0.3 is 11.7 Å². The van der Waals surface area contributed by atoms with Crippen LogP contribution in [0, 0.1) is 17.6 Å². The van der Waals surface area contributed by atoms with E-state index in [1.54, 1.807) is 17.9 Å². The molecule has 324 valence electrons. The number of aromatic nitrogens is 6. The lowest BCUT2D eigenvalue weighted by atomic mass is 9.87. The third-order valence-corrected chi connectivity index (χ3v) is 11.6. The van der Waals surface area contributed by atoms with Gasteiger partial charge in [-0.2, -0.15) is 10.2 Å². The fraction of sp³-hybridized carbons (Fsp3) is 0.370. The first-order valence-corrected chi connectivity index (χ1v) is 20.9. The van der Waals surface area contributed by atoms with E-state index in [2.05, 4.69) is 37.1 Å². The molecule has 0 bridgehead atoms. The molecule has 0 N–H and O–H groups in total. The minimum atomic E-state index is -1.03. The Balaban J connectivity index is 0.809. The summed E-state index contributed by atoms with van der Waals surface area (Å²) in [6.07, 6.45) is 4.88. The standard InChI is InChI=1S/C46H50F2N8O6/c1-3-43(33(2)62-44(57)28-59-25-34-7-5-4-6-8-34)56-45(58)55(32-51-56)39-12-10-37(11-13-39)52-19-21-53(22-20-52)38-14-16-40(17-15-38)60-26-35-24-46(61-27-35,29-54-31-49-30-50-54)41-18-9-36(47)23-42(41)48/h4-18,23,30-33,35,43H,3,19-22,24-29H2,1-2H3. The third-order valence-electron chi connectivity index (χ3n) is 11.6. The first kappa shape index (κ1) is 42.3. The molecule has 6 aromatic rings. The van der Waals surface area contributed by atoms with E-state index in [0.29, 0.717) is 38.3 Å². The number of benzene rings is 4. The van der Waals surface area contributed by atoms with Crippen LogP contribution < -0.4 is 20.2 Å². The molecule has 2 aliphatic rings. The van der Waals surface area contributed by atoms with Crippen LogP contribution in [-0.4, -0.2) is 87.2 Å². The minimum Gasteiger partial charge on any atom is -0.493 e. The van der Waals surface area contributed by atoms with Crippen molar-refractivity contribution in [2.24, 2.45) is 5.92 Å². The molecule has 2 saturated heterocycles. The van der Waals surface area contributed by atoms with Crippen LogP contribution in [0.2, 0.25) is 0 Å². The van der Waals surface area contributed by atoms with Crippen LogP contribution in [0.5, 0.6) is 5.75 Å². The van der Waals surface area contributed by atoms with Gasteiger partial charge in [-0.15, -0.1) is 0 Å². The first-order valence-electron chi connectivity index (χ1n) is 20.9. The Labute approximate surface area is 358 Å². The van der Waals surface area contributed by atoms with E-state index in [4.69, 9.17) is 18.9 Å². The van der Waals surface area contributed by atoms with E-state index in [0.717, 1.165) is 54.9 Å². The Morgan fingerprint density at radius 3 is 2.24 bits per heavy atom. The Hall–Kier alpha value is -6.39. The zero-order chi connectivity index (χ0) is 43.1. The molecule has 4 aromatic carbocycles. The number of esters is 1. The van der Waals surface area contributed by atoms with Gasteiger partial charge in [-0.3, -0.25) is 0 Å². The fourth-order valence-electron chi connectivity index (χ4n) is 8.37. The minimum absolute atomic E-state index is 0.0270. The molecule has 16 heteroatoms. The first-order chi connectivity index (χ1) is 30.2. The van der Waals surface area contributed by atoms with E-state index in [1.165, 1.54) is 34.0 Å². The van der Waals surface area contributed by atoms with Crippen molar-refractivity contribution in [3.8, 4) is 11.4 Å². The number of hydrogen-bond donors (Lipinski definition) is 0. The number of rotatable bonds is 17. The van der Waals surface area contributed by atoms with Gasteiger partial charge in [-0.05, 0) is 79.9 Å². The predicted molar refractivity (Wildman–Crippen MR) is 227 cm³/mol. The average molecular weight is 849 g/mol. The molecule has 4 atom stereocenters. The summed E-state index contributed by atoms with van der Waals surface area (Å²) in [5.41, 5.74) is 2.74. The number of carbonyl (C=O) groups is 1. The molecule has 2 aromatic heterocycles. The van der Waals surface area contributed by atoms with Gasteiger partial charge in [0, 0.05) is 55.1 Å². The number of halogens is 2. The Morgan fingerprint density at radius 1 is 0.887 bits per heavy atom. The van der Waals surface area contributed by atoms with Crippen LogP contribution in [0.15, 0.2) is 121 Å². The van der Waals surface area contributed by atoms with Crippen molar-refractivity contribution in [2.45, 2.75) is 57.6 Å². The Morgan fingerprint density at radius 2 is 1.58 bits per heavy atom. The molecule has 2 aliphatic heterocycles. The number of anilines is 2. The Bertz CT molecular complexity index is 2440. The number of piperazine rings is 1. The van der Waals surface area contributed by atoms with Gasteiger partial charge in [0.25, 0.3) is 0 Å². The van der Waals surface area contributed by atoms with Crippen molar-refractivity contribution in [1.29, 1.82) is 0 Å². The zero-order valence-electron chi connectivity index (χ0n) is 34.8. The molecular weight excluding hydrogens is 799 g/mol. The lowest BCUT2D eigenvalue weighted by Crippen LogP contribution is -2.46. The van der Waals surface area contributed by atoms with Crippen molar-refractivity contribution in [3.63, 3.8) is 0 Å². The molecule has 2 fully saturated rings. The number of nitrogens with zero attached hydrogens (tertiary/aromatic N) is 8. The predicted octanol–water partition coefficient (Wildman–Crippen LogP) is 6.34. The maximum absolute atomic E-state index is 15.0. The van der Waals surface area contributed by atoms with Crippen LogP contribution in [-0.2, 0) is 37.8 Å². The third kappa shape index (κ3) is 9.71. The maximum Gasteiger partial charge on any atom is 0.350 e. The van der Waals surface area contributed by atoms with Gasteiger partial charge in [-0.25, -0.2) is 37.3 Å². The highest BCUT2D eigenvalue weighted by Crippen LogP contribution is 2.42. The molecule has 4 heterocycles. The molecule has 62 heavy (non-hydrogen) atoms.